The summed E-state index contributed by atoms with van der Waals surface area (Å²) in [6, 6.07) is 7.87. The first-order valence-corrected chi connectivity index (χ1v) is 5.19. The lowest BCUT2D eigenvalue weighted by Gasteiger charge is -2.16. The number of benzene rings is 1. The van der Waals surface area contributed by atoms with Gasteiger partial charge in [0.1, 0.15) is 11.4 Å². The molecule has 0 unspecified atom stereocenters. The molecule has 1 aromatic carbocycles. The van der Waals surface area contributed by atoms with Crippen molar-refractivity contribution in [2.45, 2.75) is 18.4 Å². The maximum Gasteiger partial charge on any atom is 0.134 e. The van der Waals surface area contributed by atoms with E-state index in [0.29, 0.717) is 6.54 Å². The molecule has 3 heteroatoms. The molecule has 1 aliphatic carbocycles. The van der Waals surface area contributed by atoms with Crippen molar-refractivity contribution in [1.29, 1.82) is 0 Å². The molecule has 0 bridgehead atoms. The van der Waals surface area contributed by atoms with E-state index in [4.69, 9.17) is 10.5 Å². The second-order valence-corrected chi connectivity index (χ2v) is 4.27. The molecule has 2 nitrogen and oxygen atoms in total. The Morgan fingerprint density at radius 3 is 2.62 bits per heavy atom. The van der Waals surface area contributed by atoms with E-state index in [1.165, 1.54) is 0 Å². The molecule has 1 saturated carbocycles. The van der Waals surface area contributed by atoms with Crippen LogP contribution in [0.15, 0.2) is 28.7 Å². The fraction of sp³-hybridized carbons (Fsp3) is 0.400. The molecule has 1 fully saturated rings. The van der Waals surface area contributed by atoms with E-state index >= 15 is 0 Å². The molecule has 2 N–H and O–H groups in total. The fourth-order valence-corrected chi connectivity index (χ4v) is 1.61. The average Bonchev–Trinajstić information content (AvgIpc) is 2.90. The minimum Gasteiger partial charge on any atom is -0.485 e. The Bertz CT molecular complexity index is 310. The molecular weight excluding hydrogens is 230 g/mol. The Kier molecular flexibility index (Phi) is 2.30. The van der Waals surface area contributed by atoms with Crippen LogP contribution >= 0.6 is 15.9 Å². The van der Waals surface area contributed by atoms with Gasteiger partial charge in [0.25, 0.3) is 0 Å². The molecule has 0 aromatic heterocycles. The Morgan fingerprint density at radius 1 is 1.38 bits per heavy atom. The van der Waals surface area contributed by atoms with Gasteiger partial charge in [0.2, 0.25) is 0 Å². The molecular formula is C10H12BrNO. The Labute approximate surface area is 86.2 Å². The van der Waals surface area contributed by atoms with Crippen molar-refractivity contribution in [2.24, 2.45) is 5.73 Å². The van der Waals surface area contributed by atoms with Crippen molar-refractivity contribution >= 4 is 15.9 Å². The molecule has 1 aromatic rings. The number of halogens is 1. The Morgan fingerprint density at radius 2 is 2.08 bits per heavy atom. The fourth-order valence-electron chi connectivity index (χ4n) is 1.25. The van der Waals surface area contributed by atoms with Crippen LogP contribution in [0.5, 0.6) is 5.75 Å². The van der Waals surface area contributed by atoms with E-state index in [0.717, 1.165) is 23.1 Å². The molecule has 0 amide bonds. The van der Waals surface area contributed by atoms with Crippen molar-refractivity contribution in [3.05, 3.63) is 28.7 Å². The molecule has 2 rings (SSSR count). The lowest BCUT2D eigenvalue weighted by atomic mass is 10.3. The van der Waals surface area contributed by atoms with E-state index in [9.17, 15) is 0 Å². The van der Waals surface area contributed by atoms with Crippen molar-refractivity contribution in [3.63, 3.8) is 0 Å². The summed E-state index contributed by atoms with van der Waals surface area (Å²) in [5.41, 5.74) is 5.56. The number of para-hydroxylation sites is 1. The van der Waals surface area contributed by atoms with Crippen LogP contribution in [0.2, 0.25) is 0 Å². The SMILES string of the molecule is NCC1(Oc2ccccc2Br)CC1. The molecule has 0 radical (unpaired) electrons. The maximum atomic E-state index is 5.82. The highest BCUT2D eigenvalue weighted by molar-refractivity contribution is 9.10. The first-order chi connectivity index (χ1) is 6.26. The van der Waals surface area contributed by atoms with Gasteiger partial charge >= 0.3 is 0 Å². The van der Waals surface area contributed by atoms with Crippen LogP contribution in [0.3, 0.4) is 0 Å². The topological polar surface area (TPSA) is 35.2 Å². The van der Waals surface area contributed by atoms with Crippen LogP contribution in [0, 0.1) is 0 Å². The van der Waals surface area contributed by atoms with Gasteiger partial charge in [-0.1, -0.05) is 12.1 Å². The normalized spacial score (nSPS) is 18.3. The molecule has 0 heterocycles. The number of nitrogens with two attached hydrogens (primary N) is 1. The zero-order chi connectivity index (χ0) is 9.31. The smallest absolute Gasteiger partial charge is 0.134 e. The van der Waals surface area contributed by atoms with E-state index in [-0.39, 0.29) is 5.60 Å². The predicted octanol–water partition coefficient (Wildman–Crippen LogP) is 2.32. The monoisotopic (exact) mass is 241 g/mol. The van der Waals surface area contributed by atoms with Crippen molar-refractivity contribution < 1.29 is 4.74 Å². The van der Waals surface area contributed by atoms with Gasteiger partial charge < -0.3 is 10.5 Å². The van der Waals surface area contributed by atoms with Crippen molar-refractivity contribution in [1.82, 2.24) is 0 Å². The highest BCUT2D eigenvalue weighted by atomic mass is 79.9. The Hall–Kier alpha value is -0.540. The average molecular weight is 242 g/mol. The van der Waals surface area contributed by atoms with Gasteiger partial charge in [-0.05, 0) is 40.9 Å². The van der Waals surface area contributed by atoms with Gasteiger partial charge in [-0.15, -0.1) is 0 Å². The molecule has 0 aliphatic heterocycles. The number of hydrogen-bond donors (Lipinski definition) is 1. The summed E-state index contributed by atoms with van der Waals surface area (Å²) in [4.78, 5) is 0. The van der Waals surface area contributed by atoms with E-state index in [1.54, 1.807) is 0 Å². The summed E-state index contributed by atoms with van der Waals surface area (Å²) >= 11 is 3.44. The minimum atomic E-state index is -0.0656. The molecule has 13 heavy (non-hydrogen) atoms. The van der Waals surface area contributed by atoms with Crippen LogP contribution in [0.4, 0.5) is 0 Å². The zero-order valence-corrected chi connectivity index (χ0v) is 8.88. The summed E-state index contributed by atoms with van der Waals surface area (Å²) in [5, 5.41) is 0. The molecule has 0 atom stereocenters. The highest BCUT2D eigenvalue weighted by Crippen LogP contribution is 2.41. The first kappa shape index (κ1) is 9.03. The van der Waals surface area contributed by atoms with Crippen LogP contribution < -0.4 is 10.5 Å². The van der Waals surface area contributed by atoms with Gasteiger partial charge in [-0.2, -0.15) is 0 Å². The van der Waals surface area contributed by atoms with Crippen LogP contribution in [-0.2, 0) is 0 Å². The van der Waals surface area contributed by atoms with E-state index in [2.05, 4.69) is 15.9 Å². The highest BCUT2D eigenvalue weighted by Gasteiger charge is 2.44. The summed E-state index contributed by atoms with van der Waals surface area (Å²) < 4.78 is 6.82. The second kappa shape index (κ2) is 3.31. The van der Waals surface area contributed by atoms with E-state index in [1.807, 2.05) is 24.3 Å². The molecule has 0 spiro atoms. The molecule has 1 aliphatic rings. The van der Waals surface area contributed by atoms with Crippen molar-refractivity contribution in [2.75, 3.05) is 6.54 Å². The Balaban J connectivity index is 2.14. The summed E-state index contributed by atoms with van der Waals surface area (Å²) in [5.74, 6) is 0.894. The lowest BCUT2D eigenvalue weighted by Crippen LogP contribution is -2.28. The summed E-state index contributed by atoms with van der Waals surface area (Å²) in [7, 11) is 0. The maximum absolute atomic E-state index is 5.82. The van der Waals surface area contributed by atoms with Crippen LogP contribution in [-0.4, -0.2) is 12.1 Å². The standard InChI is InChI=1S/C10H12BrNO/c11-8-3-1-2-4-9(8)13-10(7-12)5-6-10/h1-4H,5-7,12H2. The van der Waals surface area contributed by atoms with Gasteiger partial charge in [-0.3, -0.25) is 0 Å². The zero-order valence-electron chi connectivity index (χ0n) is 7.29. The van der Waals surface area contributed by atoms with Crippen LogP contribution in [0.25, 0.3) is 0 Å². The van der Waals surface area contributed by atoms with Gasteiger partial charge in [0.15, 0.2) is 0 Å². The van der Waals surface area contributed by atoms with Crippen LogP contribution in [0.1, 0.15) is 12.8 Å². The predicted molar refractivity (Wildman–Crippen MR) is 55.8 cm³/mol. The first-order valence-electron chi connectivity index (χ1n) is 4.39. The third-order valence-corrected chi connectivity index (χ3v) is 3.00. The van der Waals surface area contributed by atoms with Crippen molar-refractivity contribution in [3.8, 4) is 5.75 Å². The van der Waals surface area contributed by atoms with Gasteiger partial charge in [0.05, 0.1) is 4.47 Å². The van der Waals surface area contributed by atoms with E-state index < -0.39 is 0 Å². The molecule has 70 valence electrons. The van der Waals surface area contributed by atoms with Gasteiger partial charge in [0, 0.05) is 6.54 Å². The minimum absolute atomic E-state index is 0.0656. The third kappa shape index (κ3) is 1.86. The summed E-state index contributed by atoms with van der Waals surface area (Å²) in [6.45, 7) is 0.605. The lowest BCUT2D eigenvalue weighted by molar-refractivity contribution is 0.186. The van der Waals surface area contributed by atoms with Gasteiger partial charge in [-0.25, -0.2) is 0 Å². The number of rotatable bonds is 3. The largest absolute Gasteiger partial charge is 0.485 e. The molecule has 0 saturated heterocycles. The second-order valence-electron chi connectivity index (χ2n) is 3.42. The third-order valence-electron chi connectivity index (χ3n) is 2.34. The quantitative estimate of drug-likeness (QED) is 0.882. The number of hydrogen-bond acceptors (Lipinski definition) is 2. The number of ether oxygens (including phenoxy) is 1. The summed E-state index contributed by atoms with van der Waals surface area (Å²) in [6.07, 6.45) is 2.15.